The average Bonchev–Trinajstić information content (AvgIpc) is 2.80. The number of hydrogen-bond donors (Lipinski definition) is 1. The molecule has 0 spiro atoms. The molecule has 1 heterocycles. The van der Waals surface area contributed by atoms with Gasteiger partial charge in [0, 0.05) is 28.4 Å². The molecule has 0 amide bonds. The molecule has 0 fully saturated rings. The summed E-state index contributed by atoms with van der Waals surface area (Å²) in [7, 11) is 0. The van der Waals surface area contributed by atoms with Crippen molar-refractivity contribution in [2.24, 2.45) is 0 Å². The predicted octanol–water partition coefficient (Wildman–Crippen LogP) is 2.97. The van der Waals surface area contributed by atoms with E-state index in [1.165, 1.54) is 0 Å². The molecule has 0 aliphatic heterocycles. The smallest absolute Gasteiger partial charge is 0.274 e. The van der Waals surface area contributed by atoms with Crippen LogP contribution in [-0.4, -0.2) is 9.91 Å². The number of thiazole rings is 1. The number of benzene rings is 1. The Morgan fingerprint density at radius 3 is 3.00 bits per heavy atom. The summed E-state index contributed by atoms with van der Waals surface area (Å²) in [6.45, 7) is 2.36. The fraction of sp³-hybridized carbons (Fsp3) is 0.182. The molecule has 0 atom stereocenters. The van der Waals surface area contributed by atoms with Crippen LogP contribution in [0.4, 0.5) is 11.4 Å². The molecule has 6 heteroatoms. The maximum absolute atomic E-state index is 10.8. The molecule has 2 aromatic rings. The number of nitro groups is 1. The third-order valence-corrected chi connectivity index (χ3v) is 3.14. The first-order valence-electron chi connectivity index (χ1n) is 5.03. The number of nitrogens with one attached hydrogen (secondary N) is 1. The minimum Gasteiger partial charge on any atom is -0.380 e. The Labute approximate surface area is 102 Å². The molecule has 2 rings (SSSR count). The average molecular weight is 249 g/mol. The number of anilines is 1. The molecule has 1 aromatic heterocycles. The summed E-state index contributed by atoms with van der Waals surface area (Å²) in [6.07, 6.45) is 1.78. The van der Waals surface area contributed by atoms with E-state index in [1.54, 1.807) is 42.1 Å². The molecule has 1 N–H and O–H groups in total. The van der Waals surface area contributed by atoms with Crippen LogP contribution in [0.15, 0.2) is 29.9 Å². The van der Waals surface area contributed by atoms with E-state index in [4.69, 9.17) is 0 Å². The standard InChI is InChI=1S/C11H11N3O2S/c1-8-2-3-9(4-11(8)14(15)16)13-6-10-5-12-7-17-10/h2-5,7,13H,6H2,1H3. The lowest BCUT2D eigenvalue weighted by atomic mass is 10.2. The summed E-state index contributed by atoms with van der Waals surface area (Å²) in [6, 6.07) is 5.13. The zero-order chi connectivity index (χ0) is 12.3. The molecule has 0 saturated heterocycles. The maximum Gasteiger partial charge on any atom is 0.274 e. The van der Waals surface area contributed by atoms with Crippen LogP contribution in [0.3, 0.4) is 0 Å². The minimum atomic E-state index is -0.368. The Morgan fingerprint density at radius 1 is 1.53 bits per heavy atom. The number of aryl methyl sites for hydroxylation is 1. The highest BCUT2D eigenvalue weighted by atomic mass is 32.1. The van der Waals surface area contributed by atoms with Crippen molar-refractivity contribution >= 4 is 22.7 Å². The molecule has 17 heavy (non-hydrogen) atoms. The zero-order valence-corrected chi connectivity index (χ0v) is 10.0. The molecular weight excluding hydrogens is 238 g/mol. The van der Waals surface area contributed by atoms with Crippen LogP contribution < -0.4 is 5.32 Å². The first-order chi connectivity index (χ1) is 8.16. The molecule has 0 aliphatic rings. The first kappa shape index (κ1) is 11.5. The van der Waals surface area contributed by atoms with Crippen LogP contribution in [-0.2, 0) is 6.54 Å². The van der Waals surface area contributed by atoms with Crippen LogP contribution in [0.25, 0.3) is 0 Å². The van der Waals surface area contributed by atoms with Gasteiger partial charge in [-0.2, -0.15) is 0 Å². The van der Waals surface area contributed by atoms with E-state index in [-0.39, 0.29) is 10.6 Å². The van der Waals surface area contributed by atoms with E-state index < -0.39 is 0 Å². The van der Waals surface area contributed by atoms with Gasteiger partial charge >= 0.3 is 0 Å². The van der Waals surface area contributed by atoms with Crippen molar-refractivity contribution in [1.82, 2.24) is 4.98 Å². The normalized spacial score (nSPS) is 10.2. The largest absolute Gasteiger partial charge is 0.380 e. The molecule has 1 aromatic carbocycles. The van der Waals surface area contributed by atoms with Gasteiger partial charge in [-0.25, -0.2) is 0 Å². The highest BCUT2D eigenvalue weighted by Crippen LogP contribution is 2.22. The first-order valence-corrected chi connectivity index (χ1v) is 5.91. The Hall–Kier alpha value is -1.95. The summed E-state index contributed by atoms with van der Waals surface area (Å²) < 4.78 is 0. The van der Waals surface area contributed by atoms with E-state index in [1.807, 2.05) is 6.07 Å². The van der Waals surface area contributed by atoms with E-state index in [9.17, 15) is 10.1 Å². The Balaban J connectivity index is 2.11. The highest BCUT2D eigenvalue weighted by molar-refractivity contribution is 7.09. The van der Waals surface area contributed by atoms with Gasteiger partial charge in [-0.3, -0.25) is 15.1 Å². The van der Waals surface area contributed by atoms with Gasteiger partial charge in [0.15, 0.2) is 0 Å². The molecule has 0 radical (unpaired) electrons. The SMILES string of the molecule is Cc1ccc(NCc2cncs2)cc1[N+](=O)[O-]. The van der Waals surface area contributed by atoms with E-state index in [0.717, 1.165) is 10.6 Å². The molecule has 0 bridgehead atoms. The third-order valence-electron chi connectivity index (χ3n) is 2.36. The second kappa shape index (κ2) is 4.92. The van der Waals surface area contributed by atoms with Crippen molar-refractivity contribution < 1.29 is 4.92 Å². The summed E-state index contributed by atoms with van der Waals surface area (Å²) in [4.78, 5) is 15.5. The Morgan fingerprint density at radius 2 is 2.35 bits per heavy atom. The van der Waals surface area contributed by atoms with Gasteiger partial charge in [-0.05, 0) is 13.0 Å². The van der Waals surface area contributed by atoms with E-state index in [0.29, 0.717) is 12.1 Å². The van der Waals surface area contributed by atoms with Crippen molar-refractivity contribution in [2.75, 3.05) is 5.32 Å². The Kier molecular flexibility index (Phi) is 3.34. The molecule has 5 nitrogen and oxygen atoms in total. The van der Waals surface area contributed by atoms with Gasteiger partial charge < -0.3 is 5.32 Å². The van der Waals surface area contributed by atoms with Crippen LogP contribution in [0.5, 0.6) is 0 Å². The summed E-state index contributed by atoms with van der Waals surface area (Å²) in [5, 5.41) is 13.9. The minimum absolute atomic E-state index is 0.138. The number of rotatable bonds is 4. The fourth-order valence-electron chi connectivity index (χ4n) is 1.43. The lowest BCUT2D eigenvalue weighted by Crippen LogP contribution is -1.99. The summed E-state index contributed by atoms with van der Waals surface area (Å²) in [5.74, 6) is 0. The second-order valence-electron chi connectivity index (χ2n) is 3.58. The number of nitrogens with zero attached hydrogens (tertiary/aromatic N) is 2. The van der Waals surface area contributed by atoms with Crippen molar-refractivity contribution in [1.29, 1.82) is 0 Å². The molecule has 0 unspecified atom stereocenters. The van der Waals surface area contributed by atoms with Crippen molar-refractivity contribution in [2.45, 2.75) is 13.5 Å². The van der Waals surface area contributed by atoms with Crippen LogP contribution in [0, 0.1) is 17.0 Å². The molecule has 0 saturated carbocycles. The van der Waals surface area contributed by atoms with Gasteiger partial charge in [-0.15, -0.1) is 11.3 Å². The molecule has 88 valence electrons. The third kappa shape index (κ3) is 2.79. The topological polar surface area (TPSA) is 68.1 Å². The lowest BCUT2D eigenvalue weighted by Gasteiger charge is -2.05. The van der Waals surface area contributed by atoms with E-state index >= 15 is 0 Å². The van der Waals surface area contributed by atoms with Crippen LogP contribution in [0.2, 0.25) is 0 Å². The van der Waals surface area contributed by atoms with Crippen molar-refractivity contribution in [3.05, 3.63) is 50.5 Å². The number of hydrogen-bond acceptors (Lipinski definition) is 5. The van der Waals surface area contributed by atoms with Gasteiger partial charge in [0.2, 0.25) is 0 Å². The lowest BCUT2D eigenvalue weighted by molar-refractivity contribution is -0.385. The van der Waals surface area contributed by atoms with Crippen LogP contribution in [0.1, 0.15) is 10.4 Å². The Bertz CT molecular complexity index is 526. The van der Waals surface area contributed by atoms with Gasteiger partial charge in [-0.1, -0.05) is 6.07 Å². The fourth-order valence-corrected chi connectivity index (χ4v) is 1.97. The predicted molar refractivity (Wildman–Crippen MR) is 67.3 cm³/mol. The van der Waals surface area contributed by atoms with E-state index in [2.05, 4.69) is 10.3 Å². The van der Waals surface area contributed by atoms with Crippen LogP contribution >= 0.6 is 11.3 Å². The monoisotopic (exact) mass is 249 g/mol. The summed E-state index contributed by atoms with van der Waals surface area (Å²) in [5.41, 5.74) is 3.31. The number of nitro benzene ring substituents is 1. The number of aromatic nitrogens is 1. The van der Waals surface area contributed by atoms with Gasteiger partial charge in [0.1, 0.15) is 0 Å². The zero-order valence-electron chi connectivity index (χ0n) is 9.21. The quantitative estimate of drug-likeness (QED) is 0.668. The van der Waals surface area contributed by atoms with Gasteiger partial charge in [0.05, 0.1) is 17.0 Å². The second-order valence-corrected chi connectivity index (χ2v) is 4.55. The van der Waals surface area contributed by atoms with Gasteiger partial charge in [0.25, 0.3) is 5.69 Å². The molecule has 0 aliphatic carbocycles. The maximum atomic E-state index is 10.8. The van der Waals surface area contributed by atoms with Crippen molar-refractivity contribution in [3.8, 4) is 0 Å². The molecular formula is C11H11N3O2S. The highest BCUT2D eigenvalue weighted by Gasteiger charge is 2.10. The van der Waals surface area contributed by atoms with Crippen molar-refractivity contribution in [3.63, 3.8) is 0 Å². The summed E-state index contributed by atoms with van der Waals surface area (Å²) >= 11 is 1.55.